The average molecular weight is 321 g/mol. The Labute approximate surface area is 140 Å². The number of amides is 1. The summed E-state index contributed by atoms with van der Waals surface area (Å²) in [5, 5.41) is 11.7. The molecule has 0 unspecified atom stereocenters. The van der Waals surface area contributed by atoms with Gasteiger partial charge in [0.05, 0.1) is 12.2 Å². The van der Waals surface area contributed by atoms with Crippen LogP contribution in [0.4, 0.5) is 5.82 Å². The third-order valence-corrected chi connectivity index (χ3v) is 3.93. The van der Waals surface area contributed by atoms with Crippen LogP contribution in [0.2, 0.25) is 0 Å². The highest BCUT2D eigenvalue weighted by Gasteiger charge is 2.21. The molecule has 1 fully saturated rings. The van der Waals surface area contributed by atoms with Crippen molar-refractivity contribution in [3.63, 3.8) is 0 Å². The van der Waals surface area contributed by atoms with Crippen LogP contribution in [0, 0.1) is 0 Å². The van der Waals surface area contributed by atoms with Crippen molar-refractivity contribution in [2.45, 2.75) is 46.1 Å². The Bertz CT molecular complexity index is 519. The fourth-order valence-corrected chi connectivity index (χ4v) is 2.60. The van der Waals surface area contributed by atoms with E-state index in [1.165, 1.54) is 0 Å². The van der Waals surface area contributed by atoms with Gasteiger partial charge < -0.3 is 10.2 Å². The standard InChI is InChI=1S/C17H29N5O.H2/c1-13(2)18-16(23)12-21-8-10-22(11-9-21)15-7-6-14(19-20-15)17(3,4)5;/h6-7,13H,8-12H2,1-5H3,(H,18,23);1H. The van der Waals surface area contributed by atoms with E-state index in [2.05, 4.69) is 58.2 Å². The molecule has 2 rings (SSSR count). The second-order valence-corrected chi connectivity index (χ2v) is 7.51. The van der Waals surface area contributed by atoms with Crippen LogP contribution in [0.15, 0.2) is 12.1 Å². The quantitative estimate of drug-likeness (QED) is 0.914. The maximum atomic E-state index is 11.8. The van der Waals surface area contributed by atoms with Gasteiger partial charge in [-0.25, -0.2) is 0 Å². The molecule has 1 saturated heterocycles. The van der Waals surface area contributed by atoms with Crippen molar-refractivity contribution in [1.29, 1.82) is 0 Å². The number of anilines is 1. The first-order valence-corrected chi connectivity index (χ1v) is 8.36. The lowest BCUT2D eigenvalue weighted by molar-refractivity contribution is -0.122. The van der Waals surface area contributed by atoms with Crippen LogP contribution < -0.4 is 10.2 Å². The molecular weight excluding hydrogens is 290 g/mol. The summed E-state index contributed by atoms with van der Waals surface area (Å²) in [7, 11) is 0. The topological polar surface area (TPSA) is 61.4 Å². The molecule has 23 heavy (non-hydrogen) atoms. The number of aromatic nitrogens is 2. The van der Waals surface area contributed by atoms with E-state index >= 15 is 0 Å². The monoisotopic (exact) mass is 321 g/mol. The largest absolute Gasteiger partial charge is 0.353 e. The molecule has 1 aromatic heterocycles. The van der Waals surface area contributed by atoms with Gasteiger partial charge in [-0.05, 0) is 26.0 Å². The van der Waals surface area contributed by atoms with Gasteiger partial charge in [-0.1, -0.05) is 20.8 Å². The minimum Gasteiger partial charge on any atom is -0.353 e. The van der Waals surface area contributed by atoms with Crippen LogP contribution >= 0.6 is 0 Å². The van der Waals surface area contributed by atoms with Gasteiger partial charge in [0.1, 0.15) is 0 Å². The van der Waals surface area contributed by atoms with Gasteiger partial charge in [0, 0.05) is 39.1 Å². The Balaban J connectivity index is 0.00000288. The Kier molecular flexibility index (Phi) is 5.57. The number of rotatable bonds is 4. The van der Waals surface area contributed by atoms with Crippen molar-refractivity contribution in [3.05, 3.63) is 17.8 Å². The van der Waals surface area contributed by atoms with Crippen LogP contribution in [0.25, 0.3) is 0 Å². The Morgan fingerprint density at radius 1 is 1.22 bits per heavy atom. The molecule has 0 radical (unpaired) electrons. The zero-order valence-corrected chi connectivity index (χ0v) is 15.0. The van der Waals surface area contributed by atoms with Crippen molar-refractivity contribution < 1.29 is 6.22 Å². The lowest BCUT2D eigenvalue weighted by atomic mass is 9.92. The molecule has 0 aliphatic carbocycles. The van der Waals surface area contributed by atoms with Crippen molar-refractivity contribution in [2.24, 2.45) is 0 Å². The Morgan fingerprint density at radius 3 is 2.35 bits per heavy atom. The molecule has 1 N–H and O–H groups in total. The van der Waals surface area contributed by atoms with Crippen LogP contribution in [0.1, 0.15) is 41.7 Å². The third kappa shape index (κ3) is 5.16. The van der Waals surface area contributed by atoms with E-state index in [0.29, 0.717) is 6.54 Å². The number of carbonyl (C=O) groups is 1. The Hall–Kier alpha value is -1.69. The number of piperazine rings is 1. The maximum Gasteiger partial charge on any atom is 0.234 e. The van der Waals surface area contributed by atoms with E-state index in [-0.39, 0.29) is 18.8 Å². The highest BCUT2D eigenvalue weighted by atomic mass is 16.2. The van der Waals surface area contributed by atoms with Gasteiger partial charge in [0.15, 0.2) is 5.82 Å². The lowest BCUT2D eigenvalue weighted by Gasteiger charge is -2.35. The molecule has 0 atom stereocenters. The number of hydrogen-bond acceptors (Lipinski definition) is 5. The maximum absolute atomic E-state index is 11.8. The molecule has 0 saturated carbocycles. The lowest BCUT2D eigenvalue weighted by Crippen LogP contribution is -2.50. The highest BCUT2D eigenvalue weighted by molar-refractivity contribution is 5.78. The van der Waals surface area contributed by atoms with E-state index in [9.17, 15) is 4.79 Å². The van der Waals surface area contributed by atoms with Crippen molar-refractivity contribution in [3.8, 4) is 0 Å². The summed E-state index contributed by atoms with van der Waals surface area (Å²) in [6, 6.07) is 4.31. The molecule has 0 spiro atoms. The van der Waals surface area contributed by atoms with Gasteiger partial charge >= 0.3 is 0 Å². The summed E-state index contributed by atoms with van der Waals surface area (Å²) in [5.41, 5.74) is 1.03. The first kappa shape index (κ1) is 17.7. The van der Waals surface area contributed by atoms with Gasteiger partial charge in [0.2, 0.25) is 5.91 Å². The smallest absolute Gasteiger partial charge is 0.234 e. The second kappa shape index (κ2) is 7.25. The molecule has 1 amide bonds. The summed E-state index contributed by atoms with van der Waals surface area (Å²) in [5.74, 6) is 1.02. The molecule has 1 aliphatic heterocycles. The summed E-state index contributed by atoms with van der Waals surface area (Å²) in [6.07, 6.45) is 0. The average Bonchev–Trinajstić information content (AvgIpc) is 2.46. The van der Waals surface area contributed by atoms with Crippen molar-refractivity contribution in [2.75, 3.05) is 37.6 Å². The first-order valence-electron chi connectivity index (χ1n) is 8.36. The molecule has 1 aromatic rings. The molecule has 1 aliphatic rings. The van der Waals surface area contributed by atoms with Crippen LogP contribution in [-0.2, 0) is 10.2 Å². The summed E-state index contributed by atoms with van der Waals surface area (Å²) in [4.78, 5) is 16.2. The van der Waals surface area contributed by atoms with E-state index in [0.717, 1.165) is 37.7 Å². The summed E-state index contributed by atoms with van der Waals surface area (Å²) >= 11 is 0. The predicted molar refractivity (Wildman–Crippen MR) is 94.8 cm³/mol. The van der Waals surface area contributed by atoms with E-state index in [4.69, 9.17) is 0 Å². The SMILES string of the molecule is CC(C)NC(=O)CN1CCN(c2ccc(C(C)(C)C)nn2)CC1.[HH]. The normalized spacial score (nSPS) is 16.7. The van der Waals surface area contributed by atoms with Crippen molar-refractivity contribution >= 4 is 11.7 Å². The van der Waals surface area contributed by atoms with E-state index in [1.54, 1.807) is 0 Å². The van der Waals surface area contributed by atoms with Gasteiger partial charge in [-0.2, -0.15) is 5.10 Å². The second-order valence-electron chi connectivity index (χ2n) is 7.51. The van der Waals surface area contributed by atoms with Crippen LogP contribution in [-0.4, -0.2) is 59.8 Å². The summed E-state index contributed by atoms with van der Waals surface area (Å²) in [6.45, 7) is 14.3. The third-order valence-electron chi connectivity index (χ3n) is 3.93. The van der Waals surface area contributed by atoms with E-state index < -0.39 is 0 Å². The van der Waals surface area contributed by atoms with Gasteiger partial charge in [-0.3, -0.25) is 9.69 Å². The predicted octanol–water partition coefficient (Wildman–Crippen LogP) is 1.67. The molecule has 6 heteroatoms. The minimum atomic E-state index is 0. The van der Waals surface area contributed by atoms with Gasteiger partial charge in [-0.15, -0.1) is 5.10 Å². The molecule has 0 bridgehead atoms. The molecule has 6 nitrogen and oxygen atoms in total. The first-order chi connectivity index (χ1) is 10.8. The highest BCUT2D eigenvalue weighted by Crippen LogP contribution is 2.21. The van der Waals surface area contributed by atoms with E-state index in [1.807, 2.05) is 13.8 Å². The number of nitrogens with zero attached hydrogens (tertiary/aromatic N) is 4. The fourth-order valence-electron chi connectivity index (χ4n) is 2.60. The number of carbonyl (C=O) groups excluding carboxylic acids is 1. The van der Waals surface area contributed by atoms with Crippen LogP contribution in [0.5, 0.6) is 0 Å². The summed E-state index contributed by atoms with van der Waals surface area (Å²) < 4.78 is 0. The zero-order chi connectivity index (χ0) is 17.0. The molecular formula is C17H31N5O. The Morgan fingerprint density at radius 2 is 1.87 bits per heavy atom. The van der Waals surface area contributed by atoms with Gasteiger partial charge in [0.25, 0.3) is 0 Å². The fraction of sp³-hybridized carbons (Fsp3) is 0.706. The zero-order valence-electron chi connectivity index (χ0n) is 15.0. The molecule has 2 heterocycles. The van der Waals surface area contributed by atoms with Crippen molar-refractivity contribution in [1.82, 2.24) is 20.4 Å². The van der Waals surface area contributed by atoms with Crippen LogP contribution in [0.3, 0.4) is 0 Å². The minimum absolute atomic E-state index is 0. The number of hydrogen-bond donors (Lipinski definition) is 1. The number of nitrogens with one attached hydrogen (secondary N) is 1. The molecule has 130 valence electrons. The molecule has 0 aromatic carbocycles.